The number of aromatic nitrogens is 1. The van der Waals surface area contributed by atoms with Crippen LogP contribution in [0.3, 0.4) is 0 Å². The van der Waals surface area contributed by atoms with E-state index < -0.39 is 0 Å². The van der Waals surface area contributed by atoms with E-state index in [2.05, 4.69) is 51.6 Å². The highest BCUT2D eigenvalue weighted by molar-refractivity contribution is 5.95. The van der Waals surface area contributed by atoms with Crippen molar-refractivity contribution in [3.8, 4) is 6.07 Å². The van der Waals surface area contributed by atoms with E-state index in [4.69, 9.17) is 5.73 Å². The van der Waals surface area contributed by atoms with Gasteiger partial charge < -0.3 is 11.1 Å². The van der Waals surface area contributed by atoms with Crippen LogP contribution in [-0.4, -0.2) is 29.0 Å². The molecule has 1 fully saturated rings. The molecule has 27 heavy (non-hydrogen) atoms. The van der Waals surface area contributed by atoms with Crippen molar-refractivity contribution in [3.63, 3.8) is 0 Å². The maximum Gasteiger partial charge on any atom is 0.103 e. The second kappa shape index (κ2) is 7.65. The smallest absolute Gasteiger partial charge is 0.103 e. The van der Waals surface area contributed by atoms with Crippen LogP contribution in [0, 0.1) is 11.3 Å². The molecule has 0 atom stereocenters. The van der Waals surface area contributed by atoms with Crippen LogP contribution in [0.25, 0.3) is 10.9 Å². The molecule has 1 saturated heterocycles. The van der Waals surface area contributed by atoms with E-state index in [0.29, 0.717) is 17.3 Å². The van der Waals surface area contributed by atoms with Crippen LogP contribution in [-0.2, 0) is 6.54 Å². The van der Waals surface area contributed by atoms with Gasteiger partial charge in [-0.15, -0.1) is 0 Å². The van der Waals surface area contributed by atoms with Crippen LogP contribution < -0.4 is 11.1 Å². The summed E-state index contributed by atoms with van der Waals surface area (Å²) in [6.07, 6.45) is 3.74. The number of likely N-dealkylation sites (tertiary alicyclic amines) is 1. The molecule has 1 aliphatic heterocycles. The molecule has 3 aromatic rings. The second-order valence-electron chi connectivity index (χ2n) is 7.12. The summed E-state index contributed by atoms with van der Waals surface area (Å²) in [5.74, 6) is 0. The molecule has 0 radical (unpaired) electrons. The Morgan fingerprint density at radius 3 is 2.67 bits per heavy atom. The van der Waals surface area contributed by atoms with E-state index in [0.717, 1.165) is 49.1 Å². The zero-order valence-electron chi connectivity index (χ0n) is 15.2. The summed E-state index contributed by atoms with van der Waals surface area (Å²) in [7, 11) is 0. The lowest BCUT2D eigenvalue weighted by atomic mass is 10.0. The van der Waals surface area contributed by atoms with Gasteiger partial charge in [0.25, 0.3) is 0 Å². The highest BCUT2D eigenvalue weighted by atomic mass is 15.1. The lowest BCUT2D eigenvalue weighted by Crippen LogP contribution is -2.38. The number of benzene rings is 2. The predicted octanol–water partition coefficient (Wildman–Crippen LogP) is 3.77. The molecule has 136 valence electrons. The van der Waals surface area contributed by atoms with E-state index in [-0.39, 0.29) is 0 Å². The lowest BCUT2D eigenvalue weighted by molar-refractivity contribution is 0.211. The van der Waals surface area contributed by atoms with Gasteiger partial charge >= 0.3 is 0 Å². The van der Waals surface area contributed by atoms with Crippen LogP contribution >= 0.6 is 0 Å². The van der Waals surface area contributed by atoms with Gasteiger partial charge in [0.05, 0.1) is 16.8 Å². The molecule has 0 aliphatic carbocycles. The third-order valence-corrected chi connectivity index (χ3v) is 5.20. The van der Waals surface area contributed by atoms with Gasteiger partial charge in [0.1, 0.15) is 6.07 Å². The summed E-state index contributed by atoms with van der Waals surface area (Å²) >= 11 is 0. The van der Waals surface area contributed by atoms with E-state index in [1.807, 2.05) is 18.2 Å². The zero-order chi connectivity index (χ0) is 18.6. The maximum atomic E-state index is 9.51. The number of anilines is 2. The summed E-state index contributed by atoms with van der Waals surface area (Å²) in [6.45, 7) is 3.07. The van der Waals surface area contributed by atoms with E-state index in [1.165, 1.54) is 5.56 Å². The minimum atomic E-state index is 0.344. The van der Waals surface area contributed by atoms with Crippen molar-refractivity contribution >= 4 is 22.3 Å². The molecule has 5 heteroatoms. The van der Waals surface area contributed by atoms with Gasteiger partial charge in [-0.25, -0.2) is 0 Å². The molecule has 0 saturated carbocycles. The molecule has 2 heterocycles. The fourth-order valence-electron chi connectivity index (χ4n) is 3.73. The average molecular weight is 357 g/mol. The number of piperidine rings is 1. The molecule has 0 bridgehead atoms. The minimum Gasteiger partial charge on any atom is -0.399 e. The number of hydrogen-bond acceptors (Lipinski definition) is 5. The van der Waals surface area contributed by atoms with Gasteiger partial charge in [0.2, 0.25) is 0 Å². The third-order valence-electron chi connectivity index (χ3n) is 5.20. The van der Waals surface area contributed by atoms with Gasteiger partial charge in [0, 0.05) is 42.9 Å². The molecule has 0 amide bonds. The van der Waals surface area contributed by atoms with Gasteiger partial charge in [-0.2, -0.15) is 5.26 Å². The second-order valence-corrected chi connectivity index (χ2v) is 7.12. The molecular weight excluding hydrogens is 334 g/mol. The van der Waals surface area contributed by atoms with Crippen LogP contribution in [0.15, 0.2) is 54.7 Å². The number of fused-ring (bicyclic) bond motifs is 1. The first kappa shape index (κ1) is 17.3. The molecule has 0 spiro atoms. The molecule has 1 aromatic heterocycles. The Hall–Kier alpha value is -3.10. The molecular formula is C22H23N5. The summed E-state index contributed by atoms with van der Waals surface area (Å²) in [6, 6.07) is 18.8. The van der Waals surface area contributed by atoms with Crippen LogP contribution in [0.2, 0.25) is 0 Å². The standard InChI is InChI=1S/C22H23N5/c23-13-17-14-25-21-7-6-18(24)12-20(21)22(17)26-19-8-10-27(11-9-19)15-16-4-2-1-3-5-16/h1-7,12,14,19H,8-11,15,24H2,(H,25,26). The lowest BCUT2D eigenvalue weighted by Gasteiger charge is -2.33. The largest absolute Gasteiger partial charge is 0.399 e. The molecule has 4 rings (SSSR count). The Morgan fingerprint density at radius 2 is 1.93 bits per heavy atom. The van der Waals surface area contributed by atoms with Crippen molar-refractivity contribution in [1.82, 2.24) is 9.88 Å². The number of nitrogen functional groups attached to an aromatic ring is 1. The molecule has 5 nitrogen and oxygen atoms in total. The number of hydrogen-bond donors (Lipinski definition) is 2. The highest BCUT2D eigenvalue weighted by Gasteiger charge is 2.21. The Kier molecular flexibility index (Phi) is 4.91. The monoisotopic (exact) mass is 357 g/mol. The summed E-state index contributed by atoms with van der Waals surface area (Å²) in [4.78, 5) is 6.87. The van der Waals surface area contributed by atoms with Crippen molar-refractivity contribution in [3.05, 3.63) is 65.9 Å². The van der Waals surface area contributed by atoms with Crippen molar-refractivity contribution in [1.29, 1.82) is 5.26 Å². The number of nitrogens with two attached hydrogens (primary N) is 1. The van der Waals surface area contributed by atoms with Crippen molar-refractivity contribution < 1.29 is 0 Å². The Balaban J connectivity index is 1.47. The van der Waals surface area contributed by atoms with E-state index in [9.17, 15) is 5.26 Å². The van der Waals surface area contributed by atoms with E-state index in [1.54, 1.807) is 6.20 Å². The van der Waals surface area contributed by atoms with Crippen LogP contribution in [0.4, 0.5) is 11.4 Å². The maximum absolute atomic E-state index is 9.51. The summed E-state index contributed by atoms with van der Waals surface area (Å²) in [5, 5.41) is 14.0. The SMILES string of the molecule is N#Cc1cnc2ccc(N)cc2c1NC1CCN(Cc2ccccc2)CC1. The normalized spacial score (nSPS) is 15.5. The topological polar surface area (TPSA) is 78.0 Å². The van der Waals surface area contributed by atoms with E-state index >= 15 is 0 Å². The van der Waals surface area contributed by atoms with Crippen molar-refractivity contribution in [2.24, 2.45) is 0 Å². The van der Waals surface area contributed by atoms with Gasteiger partial charge in [-0.05, 0) is 36.6 Å². The van der Waals surface area contributed by atoms with Gasteiger partial charge in [0.15, 0.2) is 0 Å². The quantitative estimate of drug-likeness (QED) is 0.695. The first-order chi connectivity index (χ1) is 13.2. The number of nitrogens with one attached hydrogen (secondary N) is 1. The molecule has 0 unspecified atom stereocenters. The third kappa shape index (κ3) is 3.86. The van der Waals surface area contributed by atoms with Gasteiger partial charge in [-0.1, -0.05) is 30.3 Å². The molecule has 2 aromatic carbocycles. The average Bonchev–Trinajstić information content (AvgIpc) is 2.70. The summed E-state index contributed by atoms with van der Waals surface area (Å²) in [5.41, 5.74) is 10.3. The van der Waals surface area contributed by atoms with Crippen LogP contribution in [0.1, 0.15) is 24.0 Å². The Morgan fingerprint density at radius 1 is 1.15 bits per heavy atom. The Bertz CT molecular complexity index is 969. The Labute approximate surface area is 159 Å². The fourth-order valence-corrected chi connectivity index (χ4v) is 3.73. The minimum absolute atomic E-state index is 0.344. The number of pyridine rings is 1. The highest BCUT2D eigenvalue weighted by Crippen LogP contribution is 2.29. The van der Waals surface area contributed by atoms with Gasteiger partial charge in [-0.3, -0.25) is 9.88 Å². The van der Waals surface area contributed by atoms with Crippen molar-refractivity contribution in [2.45, 2.75) is 25.4 Å². The predicted molar refractivity (Wildman–Crippen MR) is 109 cm³/mol. The molecule has 1 aliphatic rings. The number of nitriles is 1. The first-order valence-corrected chi connectivity index (χ1v) is 9.34. The molecule has 3 N–H and O–H groups in total. The van der Waals surface area contributed by atoms with Crippen LogP contribution in [0.5, 0.6) is 0 Å². The van der Waals surface area contributed by atoms with Crippen molar-refractivity contribution in [2.75, 3.05) is 24.1 Å². The number of nitrogens with zero attached hydrogens (tertiary/aromatic N) is 3. The zero-order valence-corrected chi connectivity index (χ0v) is 15.2. The first-order valence-electron chi connectivity index (χ1n) is 9.34. The number of rotatable bonds is 4. The summed E-state index contributed by atoms with van der Waals surface area (Å²) < 4.78 is 0. The fraction of sp³-hybridized carbons (Fsp3) is 0.273.